The third-order valence-electron chi connectivity index (χ3n) is 5.48. The number of aromatic nitrogens is 1. The first-order chi connectivity index (χ1) is 12.3. The highest BCUT2D eigenvalue weighted by molar-refractivity contribution is 5.87. The lowest BCUT2D eigenvalue weighted by molar-refractivity contribution is 0.318. The highest BCUT2D eigenvalue weighted by atomic mass is 15.4. The number of nitrogens with one attached hydrogen (secondary N) is 2. The second-order valence-corrected chi connectivity index (χ2v) is 7.30. The molecular weight excluding hydrogens is 308 g/mol. The van der Waals surface area contributed by atoms with E-state index >= 15 is 0 Å². The lowest BCUT2D eigenvalue weighted by Gasteiger charge is -2.39. The number of hydrogen-bond donors (Lipinski definition) is 2. The van der Waals surface area contributed by atoms with E-state index in [2.05, 4.69) is 65.3 Å². The smallest absolute Gasteiger partial charge is 0.118 e. The molecule has 0 spiro atoms. The fourth-order valence-corrected chi connectivity index (χ4v) is 3.97. The fraction of sp³-hybridized carbons (Fsp3) is 0.429. The highest BCUT2D eigenvalue weighted by Crippen LogP contribution is 2.29. The minimum absolute atomic E-state index is 0.338. The van der Waals surface area contributed by atoms with E-state index in [0.29, 0.717) is 23.9 Å². The highest BCUT2D eigenvalue weighted by Gasteiger charge is 2.35. The van der Waals surface area contributed by atoms with Crippen LogP contribution in [0.15, 0.2) is 65.5 Å². The van der Waals surface area contributed by atoms with Crippen molar-refractivity contribution in [3.05, 3.63) is 66.0 Å². The van der Waals surface area contributed by atoms with Gasteiger partial charge >= 0.3 is 0 Å². The maximum Gasteiger partial charge on any atom is 0.118 e. The van der Waals surface area contributed by atoms with Crippen LogP contribution in [0.4, 0.5) is 0 Å². The molecule has 1 aromatic rings. The minimum atomic E-state index is 0.338. The molecule has 2 aliphatic carbocycles. The van der Waals surface area contributed by atoms with E-state index in [1.165, 1.54) is 17.6 Å². The Balaban J connectivity index is 1.50. The van der Waals surface area contributed by atoms with Crippen molar-refractivity contribution < 1.29 is 0 Å². The van der Waals surface area contributed by atoms with Crippen molar-refractivity contribution in [1.29, 1.82) is 0 Å². The van der Waals surface area contributed by atoms with Gasteiger partial charge in [-0.1, -0.05) is 36.0 Å². The Hall–Kier alpha value is -2.20. The average molecular weight is 334 g/mol. The van der Waals surface area contributed by atoms with Gasteiger partial charge in [-0.05, 0) is 50.3 Å². The maximum absolute atomic E-state index is 5.06. The molecule has 0 amide bonds. The van der Waals surface area contributed by atoms with Gasteiger partial charge in [0.1, 0.15) is 5.84 Å². The molecule has 2 heterocycles. The zero-order chi connectivity index (χ0) is 17.1. The molecule has 1 aliphatic heterocycles. The molecule has 0 saturated carbocycles. The van der Waals surface area contributed by atoms with Crippen molar-refractivity contribution in [2.45, 2.75) is 44.7 Å². The van der Waals surface area contributed by atoms with E-state index in [4.69, 9.17) is 4.99 Å². The molecule has 4 atom stereocenters. The van der Waals surface area contributed by atoms with Gasteiger partial charge in [0.15, 0.2) is 0 Å². The van der Waals surface area contributed by atoms with Gasteiger partial charge < -0.3 is 5.43 Å². The lowest BCUT2D eigenvalue weighted by atomic mass is 9.78. The Morgan fingerprint density at radius 2 is 2.04 bits per heavy atom. The first-order valence-corrected chi connectivity index (χ1v) is 9.28. The van der Waals surface area contributed by atoms with Gasteiger partial charge in [0.25, 0.3) is 0 Å². The molecule has 1 saturated heterocycles. The fourth-order valence-electron chi connectivity index (χ4n) is 3.97. The molecule has 1 fully saturated rings. The summed E-state index contributed by atoms with van der Waals surface area (Å²) >= 11 is 0. The molecule has 4 unspecified atom stereocenters. The maximum atomic E-state index is 5.06. The molecule has 4 rings (SSSR count). The van der Waals surface area contributed by atoms with Gasteiger partial charge in [0.05, 0.1) is 6.04 Å². The molecular formula is C21H26N4. The molecule has 0 bridgehead atoms. The third kappa shape index (κ3) is 3.74. The molecule has 3 aliphatic rings. The summed E-state index contributed by atoms with van der Waals surface area (Å²) in [5.74, 6) is 1.86. The number of allylic oxidation sites excluding steroid dienone is 3. The van der Waals surface area contributed by atoms with Crippen molar-refractivity contribution >= 4 is 5.84 Å². The first kappa shape index (κ1) is 16.3. The van der Waals surface area contributed by atoms with Crippen molar-refractivity contribution in [3.63, 3.8) is 0 Å². The lowest BCUT2D eigenvalue weighted by Crippen LogP contribution is -2.59. The Morgan fingerprint density at radius 3 is 2.84 bits per heavy atom. The van der Waals surface area contributed by atoms with E-state index < -0.39 is 0 Å². The zero-order valence-electron chi connectivity index (χ0n) is 14.7. The SMILES string of the molecule is CC1=CCC(N=C2NNC(Cc3ccncc3)C3C=CC=CC23)CC1. The number of nitrogens with zero attached hydrogens (tertiary/aromatic N) is 2. The minimum Gasteiger partial charge on any atom is -0.309 e. The number of pyridine rings is 1. The Labute approximate surface area is 149 Å². The second kappa shape index (κ2) is 7.36. The normalized spacial score (nSPS) is 32.8. The Bertz CT molecular complexity index is 717. The quantitative estimate of drug-likeness (QED) is 0.834. The van der Waals surface area contributed by atoms with Crippen LogP contribution in [0.1, 0.15) is 31.7 Å². The summed E-state index contributed by atoms with van der Waals surface area (Å²) in [6.45, 7) is 2.22. The van der Waals surface area contributed by atoms with E-state index in [-0.39, 0.29) is 0 Å². The molecule has 0 aromatic carbocycles. The predicted octanol–water partition coefficient (Wildman–Crippen LogP) is 3.36. The number of hydrogen-bond acceptors (Lipinski definition) is 3. The molecule has 4 heteroatoms. The number of aliphatic imine (C=N–C) groups is 1. The summed E-state index contributed by atoms with van der Waals surface area (Å²) in [7, 11) is 0. The summed E-state index contributed by atoms with van der Waals surface area (Å²) < 4.78 is 0. The zero-order valence-corrected chi connectivity index (χ0v) is 14.7. The van der Waals surface area contributed by atoms with Crippen molar-refractivity contribution in [3.8, 4) is 0 Å². The molecule has 130 valence electrons. The molecule has 2 N–H and O–H groups in total. The van der Waals surface area contributed by atoms with Crippen molar-refractivity contribution in [2.24, 2.45) is 16.8 Å². The van der Waals surface area contributed by atoms with Crippen molar-refractivity contribution in [1.82, 2.24) is 15.8 Å². The van der Waals surface area contributed by atoms with Gasteiger partial charge in [-0.3, -0.25) is 9.98 Å². The summed E-state index contributed by atoms with van der Waals surface area (Å²) in [4.78, 5) is 9.18. The van der Waals surface area contributed by atoms with E-state index in [9.17, 15) is 0 Å². The van der Waals surface area contributed by atoms with Crippen molar-refractivity contribution in [2.75, 3.05) is 0 Å². The number of rotatable bonds is 3. The molecule has 4 nitrogen and oxygen atoms in total. The van der Waals surface area contributed by atoms with Gasteiger partial charge in [-0.25, -0.2) is 5.43 Å². The van der Waals surface area contributed by atoms with E-state index in [0.717, 1.165) is 25.1 Å². The Kier molecular flexibility index (Phi) is 4.79. The largest absolute Gasteiger partial charge is 0.309 e. The van der Waals surface area contributed by atoms with E-state index in [1.54, 1.807) is 0 Å². The van der Waals surface area contributed by atoms with Crippen LogP contribution in [0.25, 0.3) is 0 Å². The Morgan fingerprint density at radius 1 is 1.20 bits per heavy atom. The number of fused-ring (bicyclic) bond motifs is 1. The summed E-state index contributed by atoms with van der Waals surface area (Å²) in [6.07, 6.45) is 19.4. The summed E-state index contributed by atoms with van der Waals surface area (Å²) in [5.41, 5.74) is 9.75. The molecule has 25 heavy (non-hydrogen) atoms. The van der Waals surface area contributed by atoms with E-state index in [1.807, 2.05) is 12.4 Å². The van der Waals surface area contributed by atoms with Gasteiger partial charge in [-0.2, -0.15) is 0 Å². The van der Waals surface area contributed by atoms with Crippen LogP contribution < -0.4 is 10.9 Å². The summed E-state index contributed by atoms with van der Waals surface area (Å²) in [5, 5.41) is 0. The second-order valence-electron chi connectivity index (χ2n) is 7.30. The van der Waals surface area contributed by atoms with Crippen LogP contribution in [0.2, 0.25) is 0 Å². The summed E-state index contributed by atoms with van der Waals surface area (Å²) in [6, 6.07) is 4.95. The standard InChI is InChI=1S/C21H26N4/c1-15-6-8-17(9-7-15)23-21-19-5-3-2-4-18(19)20(24-25-21)14-16-10-12-22-13-11-16/h2-6,10-13,17-20,24H,7-9,14H2,1H3,(H,23,25). The van der Waals surface area contributed by atoms with Crippen LogP contribution in [0.3, 0.4) is 0 Å². The van der Waals surface area contributed by atoms with Crippen LogP contribution in [0, 0.1) is 11.8 Å². The monoisotopic (exact) mass is 334 g/mol. The van der Waals surface area contributed by atoms with Gasteiger partial charge in [0.2, 0.25) is 0 Å². The third-order valence-corrected chi connectivity index (χ3v) is 5.48. The van der Waals surface area contributed by atoms with Crippen LogP contribution >= 0.6 is 0 Å². The van der Waals surface area contributed by atoms with Crippen LogP contribution in [-0.4, -0.2) is 22.9 Å². The predicted molar refractivity (Wildman–Crippen MR) is 102 cm³/mol. The molecule has 1 aromatic heterocycles. The van der Waals surface area contributed by atoms with Crippen LogP contribution in [0.5, 0.6) is 0 Å². The average Bonchev–Trinajstić information content (AvgIpc) is 2.66. The number of amidine groups is 1. The first-order valence-electron chi connectivity index (χ1n) is 9.28. The number of hydrazine groups is 1. The molecule has 0 radical (unpaired) electrons. The topological polar surface area (TPSA) is 49.3 Å². The van der Waals surface area contributed by atoms with Crippen LogP contribution in [-0.2, 0) is 6.42 Å². The van der Waals surface area contributed by atoms with Gasteiger partial charge in [-0.15, -0.1) is 0 Å². The van der Waals surface area contributed by atoms with Gasteiger partial charge in [0, 0.05) is 30.3 Å².